The fourth-order valence-corrected chi connectivity index (χ4v) is 2.43. The van der Waals surface area contributed by atoms with Crippen molar-refractivity contribution in [3.8, 4) is 0 Å². The van der Waals surface area contributed by atoms with Gasteiger partial charge >= 0.3 is 6.03 Å². The van der Waals surface area contributed by atoms with E-state index in [1.807, 2.05) is 0 Å². The molecular weight excluding hydrogens is 268 g/mol. The molecule has 6 heteroatoms. The van der Waals surface area contributed by atoms with Crippen LogP contribution in [0, 0.1) is 5.92 Å². The van der Waals surface area contributed by atoms with Crippen molar-refractivity contribution in [3.05, 3.63) is 24.5 Å². The molecule has 1 aromatic heterocycles. The third kappa shape index (κ3) is 5.69. The van der Waals surface area contributed by atoms with E-state index in [1.54, 1.807) is 24.5 Å². The molecule has 2 amide bonds. The van der Waals surface area contributed by atoms with Crippen LogP contribution in [0.2, 0.25) is 0 Å². The standard InChI is InChI=1S/C15H24N4O2/c1-12-4-8-19(9-5-12)11-14(20)10-17-15(21)18-13-2-6-16-7-3-13/h2-3,6-7,12,14,20H,4-5,8-11H2,1H3,(H2,16,17,18,21)/t14-/m1/s1. The van der Waals surface area contributed by atoms with Crippen molar-refractivity contribution >= 4 is 11.7 Å². The molecule has 0 aliphatic carbocycles. The summed E-state index contributed by atoms with van der Waals surface area (Å²) in [4.78, 5) is 17.8. The molecule has 116 valence electrons. The Morgan fingerprint density at radius 3 is 2.76 bits per heavy atom. The van der Waals surface area contributed by atoms with Crippen LogP contribution in [0.4, 0.5) is 10.5 Å². The third-order valence-electron chi connectivity index (χ3n) is 3.78. The highest BCUT2D eigenvalue weighted by Gasteiger charge is 2.18. The number of urea groups is 1. The maximum absolute atomic E-state index is 11.7. The number of aromatic nitrogens is 1. The number of pyridine rings is 1. The number of nitrogens with one attached hydrogen (secondary N) is 2. The summed E-state index contributed by atoms with van der Waals surface area (Å²) in [5.74, 6) is 0.780. The number of nitrogens with zero attached hydrogens (tertiary/aromatic N) is 2. The van der Waals surface area contributed by atoms with Gasteiger partial charge in [-0.2, -0.15) is 0 Å². The molecule has 0 radical (unpaired) electrons. The van der Waals surface area contributed by atoms with Crippen molar-refractivity contribution in [2.75, 3.05) is 31.5 Å². The minimum Gasteiger partial charge on any atom is -0.390 e. The lowest BCUT2D eigenvalue weighted by molar-refractivity contribution is 0.0924. The summed E-state index contributed by atoms with van der Waals surface area (Å²) in [7, 11) is 0. The highest BCUT2D eigenvalue weighted by molar-refractivity contribution is 5.89. The third-order valence-corrected chi connectivity index (χ3v) is 3.78. The van der Waals surface area contributed by atoms with Gasteiger partial charge in [-0.15, -0.1) is 0 Å². The van der Waals surface area contributed by atoms with E-state index >= 15 is 0 Å². The second-order valence-electron chi connectivity index (χ2n) is 5.71. The van der Waals surface area contributed by atoms with Crippen LogP contribution in [0.25, 0.3) is 0 Å². The summed E-state index contributed by atoms with van der Waals surface area (Å²) >= 11 is 0. The number of likely N-dealkylation sites (tertiary alicyclic amines) is 1. The van der Waals surface area contributed by atoms with Crippen LogP contribution in [0.1, 0.15) is 19.8 Å². The average Bonchev–Trinajstić information content (AvgIpc) is 2.49. The zero-order valence-corrected chi connectivity index (χ0v) is 12.5. The number of carbonyl (C=O) groups excluding carboxylic acids is 1. The Bertz CT molecular complexity index is 433. The summed E-state index contributed by atoms with van der Waals surface area (Å²) in [6.45, 7) is 5.19. The average molecular weight is 292 g/mol. The molecule has 1 aliphatic heterocycles. The van der Waals surface area contributed by atoms with E-state index in [0.717, 1.165) is 19.0 Å². The first-order valence-electron chi connectivity index (χ1n) is 7.49. The van der Waals surface area contributed by atoms with Gasteiger partial charge in [0.05, 0.1) is 6.10 Å². The molecule has 0 saturated carbocycles. The Morgan fingerprint density at radius 2 is 2.10 bits per heavy atom. The lowest BCUT2D eigenvalue weighted by Gasteiger charge is -2.31. The summed E-state index contributed by atoms with van der Waals surface area (Å²) in [6.07, 6.45) is 5.05. The normalized spacial score (nSPS) is 18.2. The highest BCUT2D eigenvalue weighted by atomic mass is 16.3. The number of aliphatic hydroxyl groups excluding tert-OH is 1. The molecule has 1 aromatic rings. The van der Waals surface area contributed by atoms with Crippen molar-refractivity contribution in [3.63, 3.8) is 0 Å². The SMILES string of the molecule is CC1CCN(C[C@H](O)CNC(=O)Nc2ccncc2)CC1. The number of anilines is 1. The van der Waals surface area contributed by atoms with Crippen LogP contribution in [-0.2, 0) is 0 Å². The van der Waals surface area contributed by atoms with Gasteiger partial charge in [0.15, 0.2) is 0 Å². The molecule has 6 nitrogen and oxygen atoms in total. The van der Waals surface area contributed by atoms with Gasteiger partial charge < -0.3 is 20.6 Å². The first-order chi connectivity index (χ1) is 10.1. The minimum absolute atomic E-state index is 0.253. The van der Waals surface area contributed by atoms with Gasteiger partial charge in [0.2, 0.25) is 0 Å². The van der Waals surface area contributed by atoms with Crippen molar-refractivity contribution in [1.29, 1.82) is 0 Å². The van der Waals surface area contributed by atoms with Gasteiger partial charge in [-0.1, -0.05) is 6.92 Å². The van der Waals surface area contributed by atoms with E-state index in [-0.39, 0.29) is 12.6 Å². The Labute approximate surface area is 125 Å². The van der Waals surface area contributed by atoms with Crippen molar-refractivity contribution in [1.82, 2.24) is 15.2 Å². The van der Waals surface area contributed by atoms with Crippen LogP contribution in [0.3, 0.4) is 0 Å². The number of aliphatic hydroxyl groups is 1. The van der Waals surface area contributed by atoms with Gasteiger partial charge in [0, 0.05) is 31.2 Å². The van der Waals surface area contributed by atoms with E-state index in [2.05, 4.69) is 27.4 Å². The van der Waals surface area contributed by atoms with Gasteiger partial charge in [0.1, 0.15) is 0 Å². The first kappa shape index (κ1) is 15.7. The molecule has 1 aliphatic rings. The van der Waals surface area contributed by atoms with E-state index in [4.69, 9.17) is 0 Å². The molecule has 1 fully saturated rings. The highest BCUT2D eigenvalue weighted by Crippen LogP contribution is 2.15. The van der Waals surface area contributed by atoms with E-state index in [9.17, 15) is 9.90 Å². The zero-order valence-electron chi connectivity index (χ0n) is 12.5. The molecule has 0 unspecified atom stereocenters. The first-order valence-corrected chi connectivity index (χ1v) is 7.49. The fourth-order valence-electron chi connectivity index (χ4n) is 2.43. The summed E-state index contributed by atoms with van der Waals surface area (Å²) in [6, 6.07) is 3.11. The lowest BCUT2D eigenvalue weighted by Crippen LogP contribution is -2.43. The quantitative estimate of drug-likeness (QED) is 0.764. The van der Waals surface area contributed by atoms with E-state index in [0.29, 0.717) is 12.2 Å². The number of amides is 2. The fraction of sp³-hybridized carbons (Fsp3) is 0.600. The summed E-state index contributed by atoms with van der Waals surface area (Å²) in [5.41, 5.74) is 0.682. The molecule has 2 heterocycles. The summed E-state index contributed by atoms with van der Waals surface area (Å²) < 4.78 is 0. The number of β-amino-alcohol motifs (C(OH)–C–C–N with tert-alkyl or cyclic N) is 1. The van der Waals surface area contributed by atoms with E-state index < -0.39 is 6.10 Å². The zero-order chi connectivity index (χ0) is 15.1. The van der Waals surface area contributed by atoms with Crippen LogP contribution in [0.5, 0.6) is 0 Å². The van der Waals surface area contributed by atoms with Crippen molar-refractivity contribution in [2.45, 2.75) is 25.9 Å². The number of rotatable bonds is 5. The van der Waals surface area contributed by atoms with Crippen LogP contribution >= 0.6 is 0 Å². The smallest absolute Gasteiger partial charge is 0.319 e. The maximum atomic E-state index is 11.7. The molecule has 0 bridgehead atoms. The van der Waals surface area contributed by atoms with Crippen LogP contribution < -0.4 is 10.6 Å². The molecule has 0 spiro atoms. The Balaban J connectivity index is 1.64. The molecule has 2 rings (SSSR count). The van der Waals surface area contributed by atoms with Gasteiger partial charge in [0.25, 0.3) is 0 Å². The Kier molecular flexibility index (Phi) is 5.95. The Hall–Kier alpha value is -1.66. The largest absolute Gasteiger partial charge is 0.390 e. The second-order valence-corrected chi connectivity index (χ2v) is 5.71. The number of piperidine rings is 1. The predicted octanol–water partition coefficient (Wildman–Crippen LogP) is 1.30. The topological polar surface area (TPSA) is 77.5 Å². The Morgan fingerprint density at radius 1 is 1.43 bits per heavy atom. The maximum Gasteiger partial charge on any atom is 0.319 e. The molecule has 21 heavy (non-hydrogen) atoms. The van der Waals surface area contributed by atoms with Gasteiger partial charge in [-0.3, -0.25) is 4.98 Å². The molecular formula is C15H24N4O2. The van der Waals surface area contributed by atoms with Gasteiger partial charge in [-0.05, 0) is 44.0 Å². The van der Waals surface area contributed by atoms with Crippen molar-refractivity contribution in [2.24, 2.45) is 5.92 Å². The monoisotopic (exact) mass is 292 g/mol. The van der Waals surface area contributed by atoms with Crippen molar-refractivity contribution < 1.29 is 9.90 Å². The number of hydrogen-bond donors (Lipinski definition) is 3. The summed E-state index contributed by atoms with van der Waals surface area (Å²) in [5, 5.41) is 15.4. The second kappa shape index (κ2) is 7.95. The molecule has 1 saturated heterocycles. The molecule has 1 atom stereocenters. The molecule has 0 aromatic carbocycles. The number of carbonyl (C=O) groups is 1. The van der Waals surface area contributed by atoms with Gasteiger partial charge in [-0.25, -0.2) is 4.79 Å². The lowest BCUT2D eigenvalue weighted by atomic mass is 9.99. The minimum atomic E-state index is -0.540. The predicted molar refractivity (Wildman–Crippen MR) is 82.1 cm³/mol. The van der Waals surface area contributed by atoms with Crippen LogP contribution in [0.15, 0.2) is 24.5 Å². The number of hydrogen-bond acceptors (Lipinski definition) is 4. The molecule has 3 N–H and O–H groups in total. The van der Waals surface area contributed by atoms with Crippen LogP contribution in [-0.4, -0.2) is 53.3 Å². The van der Waals surface area contributed by atoms with E-state index in [1.165, 1.54) is 12.8 Å².